The van der Waals surface area contributed by atoms with Crippen molar-refractivity contribution in [1.82, 2.24) is 5.32 Å². The summed E-state index contributed by atoms with van der Waals surface area (Å²) in [5.74, 6) is 0.00919. The van der Waals surface area contributed by atoms with E-state index in [4.69, 9.17) is 5.73 Å². The van der Waals surface area contributed by atoms with Gasteiger partial charge in [0.2, 0.25) is 5.91 Å². The molecule has 0 aliphatic heterocycles. The van der Waals surface area contributed by atoms with Gasteiger partial charge in [-0.15, -0.1) is 0 Å². The lowest BCUT2D eigenvalue weighted by molar-refractivity contribution is -0.122. The monoisotopic (exact) mass is 314 g/mol. The first-order valence-corrected chi connectivity index (χ1v) is 8.78. The molecule has 124 valence electrons. The van der Waals surface area contributed by atoms with Crippen molar-refractivity contribution in [3.8, 4) is 0 Å². The van der Waals surface area contributed by atoms with Crippen LogP contribution in [0.15, 0.2) is 18.2 Å². The van der Waals surface area contributed by atoms with E-state index in [1.807, 2.05) is 12.1 Å². The summed E-state index contributed by atoms with van der Waals surface area (Å²) in [6.45, 7) is 0.484. The topological polar surface area (TPSA) is 72.2 Å². The minimum atomic E-state index is -0.228. The van der Waals surface area contributed by atoms with Crippen molar-refractivity contribution >= 4 is 11.7 Å². The zero-order valence-electron chi connectivity index (χ0n) is 13.7. The number of benzene rings is 1. The first-order valence-electron chi connectivity index (χ1n) is 8.78. The third kappa shape index (κ3) is 3.63. The second kappa shape index (κ2) is 6.83. The summed E-state index contributed by atoms with van der Waals surface area (Å²) in [7, 11) is 0. The molecular formula is C19H26N2O2. The number of nitrogens with two attached hydrogens (primary N) is 1. The molecule has 1 aromatic rings. The molecule has 1 fully saturated rings. The van der Waals surface area contributed by atoms with Gasteiger partial charge in [-0.1, -0.05) is 25.0 Å². The Morgan fingerprint density at radius 2 is 1.78 bits per heavy atom. The summed E-state index contributed by atoms with van der Waals surface area (Å²) in [6, 6.07) is 5.99. The van der Waals surface area contributed by atoms with Gasteiger partial charge in [-0.2, -0.15) is 0 Å². The number of hydrogen-bond donors (Lipinski definition) is 2. The van der Waals surface area contributed by atoms with Gasteiger partial charge < -0.3 is 11.1 Å². The molecule has 0 saturated heterocycles. The average Bonchev–Trinajstić information content (AvgIpc) is 3.21. The fourth-order valence-corrected chi connectivity index (χ4v) is 3.91. The number of nitrogens with one attached hydrogen (secondary N) is 1. The SMILES string of the molecule is NCC1(NC(=O)CCC(=O)c2ccc3c(c2)CCC3)CCCC1. The highest BCUT2D eigenvalue weighted by molar-refractivity contribution is 5.98. The maximum absolute atomic E-state index is 12.3. The number of amides is 1. The van der Waals surface area contributed by atoms with Gasteiger partial charge in [0.15, 0.2) is 5.78 Å². The standard InChI is InChI=1S/C19H26N2O2/c20-13-19(10-1-2-11-19)21-18(23)9-8-17(22)16-7-6-14-4-3-5-15(14)12-16/h6-7,12H,1-5,8-11,13,20H2,(H,21,23). The van der Waals surface area contributed by atoms with Crippen LogP contribution in [-0.4, -0.2) is 23.8 Å². The summed E-state index contributed by atoms with van der Waals surface area (Å²) in [6.07, 6.45) is 8.02. The quantitative estimate of drug-likeness (QED) is 0.793. The van der Waals surface area contributed by atoms with Crippen molar-refractivity contribution in [1.29, 1.82) is 0 Å². The van der Waals surface area contributed by atoms with Crippen LogP contribution in [0.5, 0.6) is 0 Å². The second-order valence-corrected chi connectivity index (χ2v) is 7.00. The minimum absolute atomic E-state index is 0.0492. The van der Waals surface area contributed by atoms with E-state index in [0.717, 1.165) is 44.1 Å². The number of hydrogen-bond acceptors (Lipinski definition) is 3. The lowest BCUT2D eigenvalue weighted by atomic mass is 9.97. The zero-order valence-corrected chi connectivity index (χ0v) is 13.7. The van der Waals surface area contributed by atoms with Crippen LogP contribution in [0, 0.1) is 0 Å². The molecule has 1 amide bonds. The number of rotatable bonds is 6. The molecular weight excluding hydrogens is 288 g/mol. The predicted octanol–water partition coefficient (Wildman–Crippen LogP) is 2.53. The van der Waals surface area contributed by atoms with Crippen molar-refractivity contribution in [2.45, 2.75) is 63.3 Å². The van der Waals surface area contributed by atoms with Crippen LogP contribution in [0.25, 0.3) is 0 Å². The van der Waals surface area contributed by atoms with Gasteiger partial charge in [-0.25, -0.2) is 0 Å². The molecule has 4 heteroatoms. The van der Waals surface area contributed by atoms with Crippen molar-refractivity contribution in [3.63, 3.8) is 0 Å². The number of Topliss-reactive ketones (excluding diaryl/α,β-unsaturated/α-hetero) is 1. The van der Waals surface area contributed by atoms with Gasteiger partial charge in [0.1, 0.15) is 0 Å². The van der Waals surface area contributed by atoms with Crippen molar-refractivity contribution in [3.05, 3.63) is 34.9 Å². The highest BCUT2D eigenvalue weighted by Crippen LogP contribution is 2.29. The molecule has 0 heterocycles. The molecule has 0 bridgehead atoms. The number of carbonyl (C=O) groups is 2. The molecule has 0 atom stereocenters. The Hall–Kier alpha value is -1.68. The van der Waals surface area contributed by atoms with Gasteiger partial charge in [0.25, 0.3) is 0 Å². The summed E-state index contributed by atoms with van der Waals surface area (Å²) in [5.41, 5.74) is 9.01. The maximum atomic E-state index is 12.3. The Kier molecular flexibility index (Phi) is 4.81. The lowest BCUT2D eigenvalue weighted by Crippen LogP contribution is -2.51. The largest absolute Gasteiger partial charge is 0.349 e. The molecule has 1 aromatic carbocycles. The van der Waals surface area contributed by atoms with Crippen LogP contribution in [-0.2, 0) is 17.6 Å². The van der Waals surface area contributed by atoms with E-state index in [1.54, 1.807) is 0 Å². The van der Waals surface area contributed by atoms with Crippen molar-refractivity contribution < 1.29 is 9.59 Å². The van der Waals surface area contributed by atoms with E-state index >= 15 is 0 Å². The molecule has 4 nitrogen and oxygen atoms in total. The van der Waals surface area contributed by atoms with Crippen LogP contribution in [0.3, 0.4) is 0 Å². The summed E-state index contributed by atoms with van der Waals surface area (Å²) >= 11 is 0. The lowest BCUT2D eigenvalue weighted by Gasteiger charge is -2.28. The third-order valence-electron chi connectivity index (χ3n) is 5.36. The van der Waals surface area contributed by atoms with Crippen LogP contribution >= 0.6 is 0 Å². The summed E-state index contributed by atoms with van der Waals surface area (Å²) < 4.78 is 0. The fourth-order valence-electron chi connectivity index (χ4n) is 3.91. The van der Waals surface area contributed by atoms with Crippen LogP contribution in [0.1, 0.15) is 66.4 Å². The zero-order chi connectivity index (χ0) is 16.3. The Balaban J connectivity index is 1.53. The Morgan fingerprint density at radius 3 is 2.52 bits per heavy atom. The molecule has 0 radical (unpaired) electrons. The molecule has 2 aliphatic rings. The average molecular weight is 314 g/mol. The van der Waals surface area contributed by atoms with Gasteiger partial charge in [-0.3, -0.25) is 9.59 Å². The molecule has 0 unspecified atom stereocenters. The van der Waals surface area contributed by atoms with E-state index < -0.39 is 0 Å². The minimum Gasteiger partial charge on any atom is -0.349 e. The van der Waals surface area contributed by atoms with Crippen LogP contribution < -0.4 is 11.1 Å². The molecule has 3 rings (SSSR count). The fraction of sp³-hybridized carbons (Fsp3) is 0.579. The number of carbonyl (C=O) groups excluding carboxylic acids is 2. The summed E-state index contributed by atoms with van der Waals surface area (Å²) in [5, 5.41) is 3.07. The van der Waals surface area contributed by atoms with E-state index in [9.17, 15) is 9.59 Å². The highest BCUT2D eigenvalue weighted by Gasteiger charge is 2.33. The first kappa shape index (κ1) is 16.2. The molecule has 23 heavy (non-hydrogen) atoms. The van der Waals surface area contributed by atoms with E-state index in [1.165, 1.54) is 17.5 Å². The van der Waals surface area contributed by atoms with E-state index in [2.05, 4.69) is 11.4 Å². The van der Waals surface area contributed by atoms with Gasteiger partial charge in [-0.05, 0) is 49.3 Å². The third-order valence-corrected chi connectivity index (χ3v) is 5.36. The number of ketones is 1. The predicted molar refractivity (Wildman–Crippen MR) is 90.4 cm³/mol. The summed E-state index contributed by atoms with van der Waals surface area (Å²) in [4.78, 5) is 24.5. The number of fused-ring (bicyclic) bond motifs is 1. The van der Waals surface area contributed by atoms with Gasteiger partial charge in [0.05, 0.1) is 5.54 Å². The Morgan fingerprint density at radius 1 is 1.04 bits per heavy atom. The molecule has 3 N–H and O–H groups in total. The van der Waals surface area contributed by atoms with E-state index in [-0.39, 0.29) is 30.1 Å². The van der Waals surface area contributed by atoms with E-state index in [0.29, 0.717) is 6.54 Å². The first-order chi connectivity index (χ1) is 11.1. The van der Waals surface area contributed by atoms with Gasteiger partial charge in [0, 0.05) is 24.9 Å². The molecule has 0 spiro atoms. The normalized spacial score (nSPS) is 18.7. The van der Waals surface area contributed by atoms with Crippen LogP contribution in [0.4, 0.5) is 0 Å². The Bertz CT molecular complexity index is 603. The van der Waals surface area contributed by atoms with Crippen molar-refractivity contribution in [2.75, 3.05) is 6.54 Å². The number of aryl methyl sites for hydroxylation is 2. The molecule has 0 aromatic heterocycles. The van der Waals surface area contributed by atoms with Gasteiger partial charge >= 0.3 is 0 Å². The maximum Gasteiger partial charge on any atom is 0.220 e. The smallest absolute Gasteiger partial charge is 0.220 e. The Labute approximate surface area is 137 Å². The van der Waals surface area contributed by atoms with Crippen molar-refractivity contribution in [2.24, 2.45) is 5.73 Å². The highest BCUT2D eigenvalue weighted by atomic mass is 16.2. The molecule has 2 aliphatic carbocycles. The molecule has 1 saturated carbocycles. The van der Waals surface area contributed by atoms with Crippen LogP contribution in [0.2, 0.25) is 0 Å². The second-order valence-electron chi connectivity index (χ2n) is 7.00.